The summed E-state index contributed by atoms with van der Waals surface area (Å²) in [6.07, 6.45) is 1.95. The molecular formula is C18H21ClF2N2OS. The van der Waals surface area contributed by atoms with E-state index < -0.39 is 17.7 Å². The van der Waals surface area contributed by atoms with Crippen LogP contribution in [0.3, 0.4) is 0 Å². The van der Waals surface area contributed by atoms with Crippen molar-refractivity contribution in [3.63, 3.8) is 0 Å². The summed E-state index contributed by atoms with van der Waals surface area (Å²) in [6.45, 7) is 1.93. The third-order valence-corrected chi connectivity index (χ3v) is 4.52. The molecule has 2 unspecified atom stereocenters. The number of halogens is 3. The summed E-state index contributed by atoms with van der Waals surface area (Å²) in [6, 6.07) is 10.7. The van der Waals surface area contributed by atoms with E-state index in [1.165, 1.54) is 6.07 Å². The van der Waals surface area contributed by atoms with Gasteiger partial charge in [-0.1, -0.05) is 25.1 Å². The van der Waals surface area contributed by atoms with Crippen molar-refractivity contribution in [2.45, 2.75) is 17.9 Å². The smallest absolute Gasteiger partial charge is 0.224 e. The average Bonchev–Trinajstić information content (AvgIpc) is 2.61. The van der Waals surface area contributed by atoms with E-state index in [4.69, 9.17) is 5.73 Å². The molecule has 0 bridgehead atoms. The number of carbonyl (C=O) groups is 1. The molecule has 136 valence electrons. The molecule has 0 aliphatic carbocycles. The molecule has 3 N–H and O–H groups in total. The first-order valence-corrected chi connectivity index (χ1v) is 8.78. The number of amides is 1. The van der Waals surface area contributed by atoms with Crippen LogP contribution in [0.5, 0.6) is 0 Å². The van der Waals surface area contributed by atoms with Crippen molar-refractivity contribution >= 4 is 30.1 Å². The van der Waals surface area contributed by atoms with Crippen LogP contribution in [0.15, 0.2) is 47.4 Å². The van der Waals surface area contributed by atoms with Crippen molar-refractivity contribution in [3.05, 3.63) is 65.2 Å². The predicted octanol–water partition coefficient (Wildman–Crippen LogP) is 3.91. The molecule has 0 saturated heterocycles. The Morgan fingerprint density at radius 3 is 2.44 bits per heavy atom. The van der Waals surface area contributed by atoms with Crippen LogP contribution >= 0.6 is 24.2 Å². The summed E-state index contributed by atoms with van der Waals surface area (Å²) in [4.78, 5) is 13.3. The van der Waals surface area contributed by atoms with Gasteiger partial charge in [0.1, 0.15) is 0 Å². The first-order chi connectivity index (χ1) is 11.5. The maximum atomic E-state index is 13.7. The topological polar surface area (TPSA) is 55.1 Å². The Morgan fingerprint density at radius 1 is 1.16 bits per heavy atom. The van der Waals surface area contributed by atoms with Gasteiger partial charge in [-0.05, 0) is 41.6 Å². The maximum Gasteiger partial charge on any atom is 0.224 e. The molecule has 0 heterocycles. The van der Waals surface area contributed by atoms with Gasteiger partial charge in [-0.3, -0.25) is 4.79 Å². The number of thioether (sulfide) groups is 1. The summed E-state index contributed by atoms with van der Waals surface area (Å²) >= 11 is 1.56. The van der Waals surface area contributed by atoms with Crippen LogP contribution < -0.4 is 11.1 Å². The Hall–Kier alpha value is -1.63. The Bertz CT molecular complexity index is 730. The van der Waals surface area contributed by atoms with Crippen LogP contribution in [-0.4, -0.2) is 18.7 Å². The van der Waals surface area contributed by atoms with Crippen LogP contribution in [0.4, 0.5) is 8.78 Å². The van der Waals surface area contributed by atoms with Gasteiger partial charge >= 0.3 is 0 Å². The van der Waals surface area contributed by atoms with Gasteiger partial charge in [0.15, 0.2) is 11.6 Å². The van der Waals surface area contributed by atoms with E-state index in [9.17, 15) is 13.6 Å². The molecule has 0 fully saturated rings. The Kier molecular flexibility index (Phi) is 8.35. The van der Waals surface area contributed by atoms with Gasteiger partial charge in [0.2, 0.25) is 5.91 Å². The highest BCUT2D eigenvalue weighted by Crippen LogP contribution is 2.27. The first kappa shape index (κ1) is 21.4. The lowest BCUT2D eigenvalue weighted by molar-refractivity contribution is -0.124. The largest absolute Gasteiger partial charge is 0.345 e. The van der Waals surface area contributed by atoms with Crippen LogP contribution in [0, 0.1) is 17.6 Å². The number of hydrogen-bond acceptors (Lipinski definition) is 3. The lowest BCUT2D eigenvalue weighted by Gasteiger charge is -2.22. The van der Waals surface area contributed by atoms with Gasteiger partial charge in [0.25, 0.3) is 0 Å². The zero-order valence-corrected chi connectivity index (χ0v) is 15.6. The third-order valence-electron chi connectivity index (χ3n) is 3.79. The van der Waals surface area contributed by atoms with E-state index in [2.05, 4.69) is 5.32 Å². The maximum absolute atomic E-state index is 13.7. The van der Waals surface area contributed by atoms with Gasteiger partial charge in [0.05, 0.1) is 6.04 Å². The van der Waals surface area contributed by atoms with Crippen molar-refractivity contribution in [3.8, 4) is 0 Å². The molecule has 3 nitrogen and oxygen atoms in total. The SMILES string of the molecule is CSc1cccc(C(NC(=O)C(C)CN)c2ccc(F)c(F)c2)c1.Cl. The zero-order chi connectivity index (χ0) is 17.7. The van der Waals surface area contributed by atoms with Crippen LogP contribution in [0.25, 0.3) is 0 Å². The molecule has 2 rings (SSSR count). The zero-order valence-electron chi connectivity index (χ0n) is 14.0. The Balaban J connectivity index is 0.00000312. The molecule has 2 aromatic carbocycles. The fraction of sp³-hybridized carbons (Fsp3) is 0.278. The minimum atomic E-state index is -0.945. The predicted molar refractivity (Wildman–Crippen MR) is 100 cm³/mol. The van der Waals surface area contributed by atoms with E-state index in [0.717, 1.165) is 22.6 Å². The first-order valence-electron chi connectivity index (χ1n) is 7.55. The van der Waals surface area contributed by atoms with Crippen molar-refractivity contribution in [2.75, 3.05) is 12.8 Å². The number of nitrogens with one attached hydrogen (secondary N) is 1. The number of hydrogen-bond donors (Lipinski definition) is 2. The molecule has 2 atom stereocenters. The van der Waals surface area contributed by atoms with Gasteiger partial charge in [-0.25, -0.2) is 8.78 Å². The quantitative estimate of drug-likeness (QED) is 0.740. The number of nitrogens with two attached hydrogens (primary N) is 1. The van der Waals surface area contributed by atoms with Gasteiger partial charge < -0.3 is 11.1 Å². The van der Waals surface area contributed by atoms with E-state index in [1.54, 1.807) is 18.7 Å². The lowest BCUT2D eigenvalue weighted by atomic mass is 9.97. The minimum Gasteiger partial charge on any atom is -0.345 e. The summed E-state index contributed by atoms with van der Waals surface area (Å²) < 4.78 is 26.9. The van der Waals surface area contributed by atoms with Gasteiger partial charge in [0, 0.05) is 17.4 Å². The van der Waals surface area contributed by atoms with Crippen molar-refractivity contribution < 1.29 is 13.6 Å². The van der Waals surface area contributed by atoms with Crippen molar-refractivity contribution in [2.24, 2.45) is 11.7 Å². The van der Waals surface area contributed by atoms with Gasteiger partial charge in [-0.15, -0.1) is 24.2 Å². The van der Waals surface area contributed by atoms with Crippen molar-refractivity contribution in [1.82, 2.24) is 5.32 Å². The van der Waals surface area contributed by atoms with E-state index in [-0.39, 0.29) is 30.8 Å². The molecular weight excluding hydrogens is 366 g/mol. The molecule has 0 aromatic heterocycles. The third kappa shape index (κ3) is 5.42. The summed E-state index contributed by atoms with van der Waals surface area (Å²) in [5.74, 6) is -2.47. The second-order valence-corrected chi connectivity index (χ2v) is 6.41. The van der Waals surface area contributed by atoms with Crippen LogP contribution in [0.1, 0.15) is 24.1 Å². The Morgan fingerprint density at radius 2 is 1.84 bits per heavy atom. The summed E-state index contributed by atoms with van der Waals surface area (Å²) in [5, 5.41) is 2.88. The second kappa shape index (κ2) is 9.75. The second-order valence-electron chi connectivity index (χ2n) is 5.53. The lowest BCUT2D eigenvalue weighted by Crippen LogP contribution is -2.36. The highest BCUT2D eigenvalue weighted by molar-refractivity contribution is 7.98. The standard InChI is InChI=1S/C18H20F2N2OS.ClH/c1-11(10-21)18(23)22-17(12-4-3-5-14(8-12)24-2)13-6-7-15(19)16(20)9-13;/h3-9,11,17H,10,21H2,1-2H3,(H,22,23);1H. The van der Waals surface area contributed by atoms with Crippen LogP contribution in [-0.2, 0) is 4.79 Å². The fourth-order valence-corrected chi connectivity index (χ4v) is 2.73. The molecule has 7 heteroatoms. The molecule has 25 heavy (non-hydrogen) atoms. The molecule has 0 aliphatic rings. The molecule has 2 aromatic rings. The van der Waals surface area contributed by atoms with Crippen molar-refractivity contribution in [1.29, 1.82) is 0 Å². The molecule has 1 amide bonds. The summed E-state index contributed by atoms with van der Waals surface area (Å²) in [7, 11) is 0. The monoisotopic (exact) mass is 386 g/mol. The molecule has 0 radical (unpaired) electrons. The fourth-order valence-electron chi connectivity index (χ4n) is 2.26. The highest BCUT2D eigenvalue weighted by Gasteiger charge is 2.21. The average molecular weight is 387 g/mol. The Labute approximate surface area is 156 Å². The number of rotatable bonds is 6. The van der Waals surface area contributed by atoms with Crippen LogP contribution in [0.2, 0.25) is 0 Å². The number of benzene rings is 2. The highest BCUT2D eigenvalue weighted by atomic mass is 35.5. The molecule has 0 saturated carbocycles. The number of carbonyl (C=O) groups excluding carboxylic acids is 1. The molecule has 0 aliphatic heterocycles. The minimum absolute atomic E-state index is 0. The van der Waals surface area contributed by atoms with Gasteiger partial charge in [-0.2, -0.15) is 0 Å². The normalized spacial score (nSPS) is 12.8. The summed E-state index contributed by atoms with van der Waals surface area (Å²) in [5.41, 5.74) is 6.82. The van der Waals surface area contributed by atoms with E-state index in [1.807, 2.05) is 30.5 Å². The molecule has 0 spiro atoms. The van der Waals surface area contributed by atoms with E-state index in [0.29, 0.717) is 5.56 Å². The van der Waals surface area contributed by atoms with E-state index >= 15 is 0 Å².